The van der Waals surface area contributed by atoms with Gasteiger partial charge < -0.3 is 15.1 Å². The van der Waals surface area contributed by atoms with Crippen molar-refractivity contribution in [1.29, 1.82) is 0 Å². The third-order valence-corrected chi connectivity index (χ3v) is 6.26. The van der Waals surface area contributed by atoms with E-state index in [9.17, 15) is 9.59 Å². The monoisotopic (exact) mass is 405 g/mol. The van der Waals surface area contributed by atoms with Gasteiger partial charge in [-0.3, -0.25) is 9.59 Å². The topological polar surface area (TPSA) is 52.7 Å². The first-order chi connectivity index (χ1) is 14.5. The fraction of sp³-hybridized carbons (Fsp3) is 0.440. The zero-order valence-electron chi connectivity index (χ0n) is 17.9. The second kappa shape index (κ2) is 8.90. The summed E-state index contributed by atoms with van der Waals surface area (Å²) in [6.45, 7) is 7.27. The van der Waals surface area contributed by atoms with Crippen molar-refractivity contribution in [3.8, 4) is 0 Å². The SMILES string of the molecule is C[C@H]1CCCN(c2ccc([C@@H](C)NC(=O)c3cccc(N4CCCC4=O)c3)cc2)C1. The van der Waals surface area contributed by atoms with Gasteiger partial charge in [-0.1, -0.05) is 25.1 Å². The smallest absolute Gasteiger partial charge is 0.251 e. The van der Waals surface area contributed by atoms with Crippen molar-refractivity contribution in [2.24, 2.45) is 5.92 Å². The Labute approximate surface area is 179 Å². The van der Waals surface area contributed by atoms with Gasteiger partial charge in [-0.05, 0) is 68.0 Å². The molecular weight excluding hydrogens is 374 g/mol. The van der Waals surface area contributed by atoms with Gasteiger partial charge in [0, 0.05) is 43.0 Å². The number of anilines is 2. The summed E-state index contributed by atoms with van der Waals surface area (Å²) in [6, 6.07) is 15.8. The summed E-state index contributed by atoms with van der Waals surface area (Å²) in [5, 5.41) is 3.09. The van der Waals surface area contributed by atoms with E-state index in [1.807, 2.05) is 25.1 Å². The molecule has 1 N–H and O–H groups in total. The van der Waals surface area contributed by atoms with Crippen LogP contribution in [0.1, 0.15) is 61.5 Å². The predicted molar refractivity (Wildman–Crippen MR) is 121 cm³/mol. The Morgan fingerprint density at radius 3 is 2.57 bits per heavy atom. The molecule has 0 radical (unpaired) electrons. The van der Waals surface area contributed by atoms with E-state index in [-0.39, 0.29) is 17.9 Å². The zero-order chi connectivity index (χ0) is 21.1. The Kier molecular flexibility index (Phi) is 6.07. The van der Waals surface area contributed by atoms with Crippen molar-refractivity contribution in [3.05, 3.63) is 59.7 Å². The van der Waals surface area contributed by atoms with Crippen LogP contribution in [0.15, 0.2) is 48.5 Å². The molecule has 2 aromatic rings. The average molecular weight is 406 g/mol. The van der Waals surface area contributed by atoms with Gasteiger partial charge in [0.1, 0.15) is 0 Å². The Hall–Kier alpha value is -2.82. The number of benzene rings is 2. The largest absolute Gasteiger partial charge is 0.371 e. The Bertz CT molecular complexity index is 909. The summed E-state index contributed by atoms with van der Waals surface area (Å²) >= 11 is 0. The molecule has 0 spiro atoms. The minimum Gasteiger partial charge on any atom is -0.371 e. The van der Waals surface area contributed by atoms with E-state index in [0.29, 0.717) is 12.0 Å². The summed E-state index contributed by atoms with van der Waals surface area (Å²) in [5.74, 6) is 0.747. The maximum atomic E-state index is 12.8. The van der Waals surface area contributed by atoms with Crippen molar-refractivity contribution in [2.45, 2.75) is 45.6 Å². The van der Waals surface area contributed by atoms with E-state index in [4.69, 9.17) is 0 Å². The number of carbonyl (C=O) groups is 2. The van der Waals surface area contributed by atoms with Crippen LogP contribution in [0.5, 0.6) is 0 Å². The van der Waals surface area contributed by atoms with E-state index in [0.717, 1.165) is 43.2 Å². The third-order valence-electron chi connectivity index (χ3n) is 6.26. The minimum absolute atomic E-state index is 0.0936. The van der Waals surface area contributed by atoms with Crippen LogP contribution in [0.2, 0.25) is 0 Å². The molecule has 4 rings (SSSR count). The molecule has 5 nitrogen and oxygen atoms in total. The van der Waals surface area contributed by atoms with E-state index >= 15 is 0 Å². The van der Waals surface area contributed by atoms with Crippen LogP contribution in [-0.4, -0.2) is 31.4 Å². The van der Waals surface area contributed by atoms with Crippen molar-refractivity contribution in [3.63, 3.8) is 0 Å². The van der Waals surface area contributed by atoms with Gasteiger partial charge in [0.25, 0.3) is 5.91 Å². The number of hydrogen-bond donors (Lipinski definition) is 1. The first kappa shape index (κ1) is 20.5. The van der Waals surface area contributed by atoms with Crippen molar-refractivity contribution in [2.75, 3.05) is 29.4 Å². The van der Waals surface area contributed by atoms with E-state index in [1.54, 1.807) is 11.0 Å². The summed E-state index contributed by atoms with van der Waals surface area (Å²) < 4.78 is 0. The van der Waals surface area contributed by atoms with Gasteiger partial charge in [0.2, 0.25) is 5.91 Å². The standard InChI is InChI=1S/C25H31N3O2/c1-18-6-4-14-27(17-18)22-12-10-20(11-13-22)19(2)26-25(30)21-7-3-8-23(16-21)28-15-5-9-24(28)29/h3,7-8,10-13,16,18-19H,4-6,9,14-15,17H2,1-2H3,(H,26,30)/t18-,19+/m0/s1. The third kappa shape index (κ3) is 4.50. The second-order valence-corrected chi connectivity index (χ2v) is 8.68. The van der Waals surface area contributed by atoms with Gasteiger partial charge >= 0.3 is 0 Å². The van der Waals surface area contributed by atoms with Gasteiger partial charge in [-0.25, -0.2) is 0 Å². The minimum atomic E-state index is -0.120. The van der Waals surface area contributed by atoms with Crippen LogP contribution in [0.4, 0.5) is 11.4 Å². The highest BCUT2D eigenvalue weighted by Crippen LogP contribution is 2.25. The quantitative estimate of drug-likeness (QED) is 0.795. The van der Waals surface area contributed by atoms with Gasteiger partial charge in [-0.2, -0.15) is 0 Å². The number of nitrogens with zero attached hydrogens (tertiary/aromatic N) is 2. The number of rotatable bonds is 5. The summed E-state index contributed by atoms with van der Waals surface area (Å²) in [4.78, 5) is 29.0. The van der Waals surface area contributed by atoms with Crippen LogP contribution in [0.3, 0.4) is 0 Å². The molecule has 0 aliphatic carbocycles. The lowest BCUT2D eigenvalue weighted by atomic mass is 9.99. The number of nitrogens with one attached hydrogen (secondary N) is 1. The number of hydrogen-bond acceptors (Lipinski definition) is 3. The molecule has 2 heterocycles. The first-order valence-corrected chi connectivity index (χ1v) is 11.1. The number of carbonyl (C=O) groups excluding carboxylic acids is 2. The van der Waals surface area contributed by atoms with Crippen molar-refractivity contribution < 1.29 is 9.59 Å². The molecule has 0 aromatic heterocycles. The lowest BCUT2D eigenvalue weighted by Gasteiger charge is -2.33. The predicted octanol–water partition coefficient (Wildman–Crippen LogP) is 4.54. The van der Waals surface area contributed by atoms with Crippen LogP contribution in [0.25, 0.3) is 0 Å². The van der Waals surface area contributed by atoms with E-state index < -0.39 is 0 Å². The van der Waals surface area contributed by atoms with Gasteiger partial charge in [0.05, 0.1) is 6.04 Å². The summed E-state index contributed by atoms with van der Waals surface area (Å²) in [5.41, 5.74) is 3.73. The highest BCUT2D eigenvalue weighted by atomic mass is 16.2. The Morgan fingerprint density at radius 2 is 1.87 bits per heavy atom. The molecule has 0 bridgehead atoms. The molecule has 2 amide bonds. The molecule has 2 fully saturated rings. The highest BCUT2D eigenvalue weighted by Gasteiger charge is 2.22. The van der Waals surface area contributed by atoms with Gasteiger partial charge in [-0.15, -0.1) is 0 Å². The van der Waals surface area contributed by atoms with Crippen LogP contribution in [0, 0.1) is 5.92 Å². The fourth-order valence-electron chi connectivity index (χ4n) is 4.50. The summed E-state index contributed by atoms with van der Waals surface area (Å²) in [7, 11) is 0. The maximum Gasteiger partial charge on any atom is 0.251 e. The maximum absolute atomic E-state index is 12.8. The first-order valence-electron chi connectivity index (χ1n) is 11.1. The number of amides is 2. The lowest BCUT2D eigenvalue weighted by molar-refractivity contribution is -0.117. The average Bonchev–Trinajstić information content (AvgIpc) is 3.20. The van der Waals surface area contributed by atoms with Crippen LogP contribution < -0.4 is 15.1 Å². The molecular formula is C25H31N3O2. The van der Waals surface area contributed by atoms with Crippen molar-refractivity contribution in [1.82, 2.24) is 5.32 Å². The van der Waals surface area contributed by atoms with Crippen LogP contribution in [-0.2, 0) is 4.79 Å². The normalized spacial score (nSPS) is 20.3. The van der Waals surface area contributed by atoms with Gasteiger partial charge in [0.15, 0.2) is 0 Å². The molecule has 5 heteroatoms. The van der Waals surface area contributed by atoms with E-state index in [2.05, 4.69) is 41.4 Å². The Balaban J connectivity index is 1.40. The molecule has 2 aliphatic rings. The molecule has 2 aliphatic heterocycles. The van der Waals surface area contributed by atoms with E-state index in [1.165, 1.54) is 18.5 Å². The highest BCUT2D eigenvalue weighted by molar-refractivity contribution is 5.99. The van der Waals surface area contributed by atoms with Crippen molar-refractivity contribution >= 4 is 23.2 Å². The second-order valence-electron chi connectivity index (χ2n) is 8.68. The molecule has 30 heavy (non-hydrogen) atoms. The fourth-order valence-corrected chi connectivity index (χ4v) is 4.50. The lowest BCUT2D eigenvalue weighted by Crippen LogP contribution is -2.34. The zero-order valence-corrected chi connectivity index (χ0v) is 17.9. The molecule has 2 saturated heterocycles. The molecule has 2 atom stereocenters. The molecule has 0 unspecified atom stereocenters. The summed E-state index contributed by atoms with van der Waals surface area (Å²) in [6.07, 6.45) is 4.01. The van der Waals surface area contributed by atoms with Crippen LogP contribution >= 0.6 is 0 Å². The number of piperidine rings is 1. The Morgan fingerprint density at radius 1 is 1.07 bits per heavy atom. The molecule has 0 saturated carbocycles. The molecule has 2 aromatic carbocycles. The molecule has 158 valence electrons.